The minimum absolute atomic E-state index is 0.345. The van der Waals surface area contributed by atoms with Gasteiger partial charge in [0.05, 0.1) is 0 Å². The van der Waals surface area contributed by atoms with Crippen LogP contribution in [0, 0.1) is 18.3 Å². The van der Waals surface area contributed by atoms with Crippen LogP contribution in [0.5, 0.6) is 0 Å². The maximum absolute atomic E-state index is 5.91. The summed E-state index contributed by atoms with van der Waals surface area (Å²) in [5, 5.41) is 0. The van der Waals surface area contributed by atoms with Crippen molar-refractivity contribution in [2.45, 2.75) is 34.1 Å². The highest BCUT2D eigenvalue weighted by Crippen LogP contribution is 2.25. The van der Waals surface area contributed by atoms with Crippen molar-refractivity contribution in [2.24, 2.45) is 17.1 Å². The average Bonchev–Trinajstić information content (AvgIpc) is 2.26. The highest BCUT2D eigenvalue weighted by atomic mass is 15.1. The molecule has 0 aromatic heterocycles. The van der Waals surface area contributed by atoms with Crippen LogP contribution in [-0.2, 0) is 0 Å². The van der Waals surface area contributed by atoms with E-state index in [0.29, 0.717) is 11.3 Å². The first-order valence-corrected chi connectivity index (χ1v) is 6.79. The molecule has 0 radical (unpaired) electrons. The number of anilines is 1. The van der Waals surface area contributed by atoms with Gasteiger partial charge in [-0.15, -0.1) is 0 Å². The molecule has 0 saturated heterocycles. The zero-order valence-corrected chi connectivity index (χ0v) is 12.5. The third-order valence-corrected chi connectivity index (χ3v) is 3.21. The lowest BCUT2D eigenvalue weighted by Gasteiger charge is -2.30. The summed E-state index contributed by atoms with van der Waals surface area (Å²) in [6, 6.07) is 8.64. The summed E-state index contributed by atoms with van der Waals surface area (Å²) >= 11 is 0. The molecule has 1 atom stereocenters. The molecule has 1 rings (SSSR count). The van der Waals surface area contributed by atoms with Gasteiger partial charge in [0.25, 0.3) is 0 Å². The molecule has 0 bridgehead atoms. The Kier molecular flexibility index (Phi) is 5.21. The zero-order valence-electron chi connectivity index (χ0n) is 12.5. The van der Waals surface area contributed by atoms with Crippen LogP contribution >= 0.6 is 0 Å². The quantitative estimate of drug-likeness (QED) is 0.865. The van der Waals surface area contributed by atoms with Gasteiger partial charge in [-0.25, -0.2) is 0 Å². The fourth-order valence-electron chi connectivity index (χ4n) is 2.45. The molecule has 2 nitrogen and oxygen atoms in total. The Morgan fingerprint density at radius 1 is 1.28 bits per heavy atom. The monoisotopic (exact) mass is 248 g/mol. The van der Waals surface area contributed by atoms with Gasteiger partial charge in [-0.1, -0.05) is 32.9 Å². The summed E-state index contributed by atoms with van der Waals surface area (Å²) in [5.74, 6) is 0.551. The molecular formula is C16H28N2. The molecule has 0 aliphatic carbocycles. The molecule has 102 valence electrons. The predicted octanol–water partition coefficient (Wildman–Crippen LogP) is 3.44. The van der Waals surface area contributed by atoms with Crippen molar-refractivity contribution in [1.82, 2.24) is 0 Å². The van der Waals surface area contributed by atoms with Crippen LogP contribution < -0.4 is 10.6 Å². The van der Waals surface area contributed by atoms with Crippen LogP contribution in [0.25, 0.3) is 0 Å². The second-order valence-corrected chi connectivity index (χ2v) is 6.59. The van der Waals surface area contributed by atoms with E-state index in [0.717, 1.165) is 13.1 Å². The normalized spacial score (nSPS) is 13.4. The Hall–Kier alpha value is -1.02. The summed E-state index contributed by atoms with van der Waals surface area (Å²) in [6.45, 7) is 10.8. The van der Waals surface area contributed by atoms with E-state index in [4.69, 9.17) is 5.73 Å². The Balaban J connectivity index is 2.65. The van der Waals surface area contributed by atoms with Crippen molar-refractivity contribution in [1.29, 1.82) is 0 Å². The van der Waals surface area contributed by atoms with Crippen LogP contribution in [0.3, 0.4) is 0 Å². The third kappa shape index (κ3) is 5.09. The molecule has 2 heteroatoms. The number of nitrogens with two attached hydrogens (primary N) is 1. The summed E-state index contributed by atoms with van der Waals surface area (Å²) in [6.07, 6.45) is 1.17. The highest BCUT2D eigenvalue weighted by Gasteiger charge is 2.19. The van der Waals surface area contributed by atoms with Crippen molar-refractivity contribution < 1.29 is 0 Å². The summed E-state index contributed by atoms with van der Waals surface area (Å²) in [7, 11) is 2.15. The maximum atomic E-state index is 5.91. The standard InChI is InChI=1S/C16H28N2/c1-13-7-6-8-15(9-13)18(5)12-14(11-17)10-16(2,3)4/h6-9,14H,10-12,17H2,1-5H3. The van der Waals surface area contributed by atoms with Gasteiger partial charge in [0.1, 0.15) is 0 Å². The summed E-state index contributed by atoms with van der Waals surface area (Å²) in [4.78, 5) is 2.32. The van der Waals surface area contributed by atoms with E-state index in [1.54, 1.807) is 0 Å². The van der Waals surface area contributed by atoms with E-state index in [-0.39, 0.29) is 0 Å². The van der Waals surface area contributed by atoms with Gasteiger partial charge in [-0.2, -0.15) is 0 Å². The molecule has 18 heavy (non-hydrogen) atoms. The largest absolute Gasteiger partial charge is 0.374 e. The van der Waals surface area contributed by atoms with E-state index in [2.05, 4.69) is 63.9 Å². The number of aryl methyl sites for hydroxylation is 1. The first-order chi connectivity index (χ1) is 8.31. The molecule has 0 heterocycles. The molecule has 0 aliphatic rings. The Labute approximate surface area is 112 Å². The van der Waals surface area contributed by atoms with Crippen LogP contribution in [0.1, 0.15) is 32.8 Å². The summed E-state index contributed by atoms with van der Waals surface area (Å²) in [5.41, 5.74) is 8.84. The van der Waals surface area contributed by atoms with E-state index >= 15 is 0 Å². The number of hydrogen-bond acceptors (Lipinski definition) is 2. The number of rotatable bonds is 5. The molecule has 1 unspecified atom stereocenters. The highest BCUT2D eigenvalue weighted by molar-refractivity contribution is 5.47. The first kappa shape index (κ1) is 15.0. The van der Waals surface area contributed by atoms with E-state index in [1.807, 2.05) is 0 Å². The second kappa shape index (κ2) is 6.24. The van der Waals surface area contributed by atoms with Gasteiger partial charge in [-0.3, -0.25) is 0 Å². The molecule has 1 aromatic rings. The fourth-order valence-corrected chi connectivity index (χ4v) is 2.45. The van der Waals surface area contributed by atoms with Crippen molar-refractivity contribution in [3.05, 3.63) is 29.8 Å². The lowest BCUT2D eigenvalue weighted by Crippen LogP contribution is -2.32. The topological polar surface area (TPSA) is 29.3 Å². The molecule has 0 saturated carbocycles. The first-order valence-electron chi connectivity index (χ1n) is 6.79. The van der Waals surface area contributed by atoms with Gasteiger partial charge < -0.3 is 10.6 Å². The minimum Gasteiger partial charge on any atom is -0.374 e. The Morgan fingerprint density at radius 3 is 2.44 bits per heavy atom. The smallest absolute Gasteiger partial charge is 0.0366 e. The molecule has 0 fully saturated rings. The van der Waals surface area contributed by atoms with Gasteiger partial charge in [0, 0.05) is 19.3 Å². The van der Waals surface area contributed by atoms with Gasteiger partial charge in [0.2, 0.25) is 0 Å². The number of nitrogens with zero attached hydrogens (tertiary/aromatic N) is 1. The summed E-state index contributed by atoms with van der Waals surface area (Å²) < 4.78 is 0. The minimum atomic E-state index is 0.345. The third-order valence-electron chi connectivity index (χ3n) is 3.21. The number of hydrogen-bond donors (Lipinski definition) is 1. The Bertz CT molecular complexity index is 366. The van der Waals surface area contributed by atoms with Gasteiger partial charge in [-0.05, 0) is 48.9 Å². The van der Waals surface area contributed by atoms with Crippen molar-refractivity contribution in [3.63, 3.8) is 0 Å². The lowest BCUT2D eigenvalue weighted by molar-refractivity contribution is 0.300. The molecule has 1 aromatic carbocycles. The second-order valence-electron chi connectivity index (χ2n) is 6.59. The van der Waals surface area contributed by atoms with Crippen molar-refractivity contribution >= 4 is 5.69 Å². The molecule has 0 amide bonds. The van der Waals surface area contributed by atoms with Crippen molar-refractivity contribution in [3.8, 4) is 0 Å². The average molecular weight is 248 g/mol. The molecular weight excluding hydrogens is 220 g/mol. The lowest BCUT2D eigenvalue weighted by atomic mass is 9.84. The molecule has 2 N–H and O–H groups in total. The fraction of sp³-hybridized carbons (Fsp3) is 0.625. The molecule has 0 aliphatic heterocycles. The maximum Gasteiger partial charge on any atom is 0.0366 e. The van der Waals surface area contributed by atoms with E-state index < -0.39 is 0 Å². The molecule has 0 spiro atoms. The SMILES string of the molecule is Cc1cccc(N(C)CC(CN)CC(C)(C)C)c1. The predicted molar refractivity (Wildman–Crippen MR) is 81.1 cm³/mol. The van der Waals surface area contributed by atoms with Crippen LogP contribution in [-0.4, -0.2) is 20.1 Å². The van der Waals surface area contributed by atoms with Gasteiger partial charge in [0.15, 0.2) is 0 Å². The van der Waals surface area contributed by atoms with E-state index in [9.17, 15) is 0 Å². The van der Waals surface area contributed by atoms with Crippen LogP contribution in [0.2, 0.25) is 0 Å². The van der Waals surface area contributed by atoms with Gasteiger partial charge >= 0.3 is 0 Å². The zero-order chi connectivity index (χ0) is 13.8. The van der Waals surface area contributed by atoms with Crippen LogP contribution in [0.4, 0.5) is 5.69 Å². The van der Waals surface area contributed by atoms with Crippen molar-refractivity contribution in [2.75, 3.05) is 25.0 Å². The van der Waals surface area contributed by atoms with Crippen LogP contribution in [0.15, 0.2) is 24.3 Å². The Morgan fingerprint density at radius 2 is 1.94 bits per heavy atom. The van der Waals surface area contributed by atoms with E-state index in [1.165, 1.54) is 17.7 Å². The number of benzene rings is 1.